The average Bonchev–Trinajstić information content (AvgIpc) is 2.93. The molecule has 2 aromatic rings. The van der Waals surface area contributed by atoms with Gasteiger partial charge in [-0.15, -0.1) is 0 Å². The molecule has 1 heterocycles. The zero-order valence-corrected chi connectivity index (χ0v) is 13.2. The number of rotatable bonds is 3. The molecule has 0 unspecified atom stereocenters. The largest absolute Gasteiger partial charge is 0.465 e. The number of esters is 1. The molecule has 3 rings (SSSR count). The second kappa shape index (κ2) is 5.93. The maximum Gasteiger partial charge on any atom is 0.339 e. The number of fused-ring (bicyclic) bond motifs is 1. The van der Waals surface area contributed by atoms with Crippen molar-refractivity contribution in [1.29, 1.82) is 0 Å². The van der Waals surface area contributed by atoms with Gasteiger partial charge in [0.05, 0.1) is 29.8 Å². The lowest BCUT2D eigenvalue weighted by Gasteiger charge is -2.18. The Bertz CT molecular complexity index is 881. The van der Waals surface area contributed by atoms with Gasteiger partial charge in [-0.2, -0.15) is 0 Å². The summed E-state index contributed by atoms with van der Waals surface area (Å²) in [5, 5.41) is 11.5. The first kappa shape index (κ1) is 15.9. The number of hydrogen-bond donors (Lipinski definition) is 0. The molecular weight excluding hydrogens is 336 g/mol. The van der Waals surface area contributed by atoms with Crippen LogP contribution >= 0.6 is 11.6 Å². The molecule has 1 aliphatic rings. The standard InChI is InChI=1S/C16H11ClN2O5/c1-24-16(21)9-4-2-3-5-12(9)18-8-10-11(17)6-7-13(19(22)23)14(10)15(18)20/h2-7H,8H2,1H3. The highest BCUT2D eigenvalue weighted by Gasteiger charge is 2.38. The number of anilines is 1. The first-order valence-electron chi connectivity index (χ1n) is 6.90. The minimum absolute atomic E-state index is 0.0443. The van der Waals surface area contributed by atoms with Crippen molar-refractivity contribution in [3.05, 3.63) is 68.2 Å². The normalized spacial score (nSPS) is 12.9. The molecular formula is C16H11ClN2O5. The molecule has 0 saturated carbocycles. The van der Waals surface area contributed by atoms with E-state index in [1.807, 2.05) is 0 Å². The van der Waals surface area contributed by atoms with Gasteiger partial charge in [0, 0.05) is 16.7 Å². The number of carbonyl (C=O) groups excluding carboxylic acids is 2. The molecule has 7 nitrogen and oxygen atoms in total. The molecule has 0 spiro atoms. The van der Waals surface area contributed by atoms with E-state index in [4.69, 9.17) is 16.3 Å². The Kier molecular flexibility index (Phi) is 3.94. The van der Waals surface area contributed by atoms with E-state index in [-0.39, 0.29) is 28.4 Å². The van der Waals surface area contributed by atoms with E-state index < -0.39 is 16.8 Å². The molecule has 0 N–H and O–H groups in total. The third-order valence-electron chi connectivity index (χ3n) is 3.81. The number of amides is 1. The molecule has 0 aliphatic carbocycles. The number of benzene rings is 2. The smallest absolute Gasteiger partial charge is 0.339 e. The number of halogens is 1. The molecule has 24 heavy (non-hydrogen) atoms. The quantitative estimate of drug-likeness (QED) is 0.483. The highest BCUT2D eigenvalue weighted by atomic mass is 35.5. The lowest BCUT2D eigenvalue weighted by Crippen LogP contribution is -2.25. The number of methoxy groups -OCH3 is 1. The molecule has 2 aromatic carbocycles. The van der Waals surface area contributed by atoms with Crippen molar-refractivity contribution in [3.8, 4) is 0 Å². The van der Waals surface area contributed by atoms with Crippen LogP contribution in [0.25, 0.3) is 0 Å². The fourth-order valence-electron chi connectivity index (χ4n) is 2.71. The van der Waals surface area contributed by atoms with Gasteiger partial charge in [-0.25, -0.2) is 4.79 Å². The van der Waals surface area contributed by atoms with Crippen LogP contribution in [0.2, 0.25) is 5.02 Å². The number of hydrogen-bond acceptors (Lipinski definition) is 5. The van der Waals surface area contributed by atoms with Gasteiger partial charge in [-0.05, 0) is 18.2 Å². The van der Waals surface area contributed by atoms with Gasteiger partial charge in [0.2, 0.25) is 0 Å². The minimum atomic E-state index is -0.622. The van der Waals surface area contributed by atoms with Crippen LogP contribution < -0.4 is 4.90 Å². The molecule has 0 bridgehead atoms. The molecule has 8 heteroatoms. The summed E-state index contributed by atoms with van der Waals surface area (Å²) in [6, 6.07) is 8.99. The predicted octanol–water partition coefficient (Wildman–Crippen LogP) is 3.20. The fourth-order valence-corrected chi connectivity index (χ4v) is 2.92. The van der Waals surface area contributed by atoms with E-state index >= 15 is 0 Å². The molecule has 0 atom stereocenters. The summed E-state index contributed by atoms with van der Waals surface area (Å²) in [7, 11) is 1.24. The molecule has 1 amide bonds. The van der Waals surface area contributed by atoms with E-state index in [1.54, 1.807) is 18.2 Å². The van der Waals surface area contributed by atoms with Gasteiger partial charge in [0.1, 0.15) is 5.56 Å². The third kappa shape index (κ3) is 2.39. The van der Waals surface area contributed by atoms with E-state index in [9.17, 15) is 19.7 Å². The van der Waals surface area contributed by atoms with Gasteiger partial charge >= 0.3 is 5.97 Å². The predicted molar refractivity (Wildman–Crippen MR) is 86.4 cm³/mol. The number of carbonyl (C=O) groups is 2. The summed E-state index contributed by atoms with van der Waals surface area (Å²) < 4.78 is 4.72. The lowest BCUT2D eigenvalue weighted by atomic mass is 10.1. The Hall–Kier alpha value is -2.93. The van der Waals surface area contributed by atoms with Gasteiger partial charge in [0.15, 0.2) is 0 Å². The molecule has 122 valence electrons. The van der Waals surface area contributed by atoms with E-state index in [2.05, 4.69) is 0 Å². The monoisotopic (exact) mass is 346 g/mol. The number of ether oxygens (including phenoxy) is 1. The molecule has 0 saturated heterocycles. The first-order valence-corrected chi connectivity index (χ1v) is 7.28. The first-order chi connectivity index (χ1) is 11.5. The molecule has 1 aliphatic heterocycles. The Morgan fingerprint density at radius 2 is 2.00 bits per heavy atom. The SMILES string of the molecule is COC(=O)c1ccccc1N1Cc2c(Cl)ccc([N+](=O)[O-])c2C1=O. The van der Waals surface area contributed by atoms with Gasteiger partial charge in [-0.3, -0.25) is 14.9 Å². The summed E-state index contributed by atoms with van der Waals surface area (Å²) in [5.41, 5.74) is 0.524. The summed E-state index contributed by atoms with van der Waals surface area (Å²) in [6.45, 7) is 0.0443. The van der Waals surface area contributed by atoms with Crippen LogP contribution in [0.5, 0.6) is 0 Å². The third-order valence-corrected chi connectivity index (χ3v) is 4.16. The lowest BCUT2D eigenvalue weighted by molar-refractivity contribution is -0.385. The second-order valence-corrected chi connectivity index (χ2v) is 5.48. The minimum Gasteiger partial charge on any atom is -0.465 e. The van der Waals surface area contributed by atoms with E-state index in [1.165, 1.54) is 30.2 Å². The Morgan fingerprint density at radius 3 is 2.67 bits per heavy atom. The number of nitro groups is 1. The Balaban J connectivity index is 2.14. The number of para-hydroxylation sites is 1. The second-order valence-electron chi connectivity index (χ2n) is 5.08. The zero-order valence-electron chi connectivity index (χ0n) is 12.5. The topological polar surface area (TPSA) is 89.8 Å². The van der Waals surface area contributed by atoms with E-state index in [0.29, 0.717) is 11.3 Å². The molecule has 0 radical (unpaired) electrons. The van der Waals surface area contributed by atoms with Crippen molar-refractivity contribution < 1.29 is 19.2 Å². The van der Waals surface area contributed by atoms with Gasteiger partial charge < -0.3 is 9.64 Å². The average molecular weight is 347 g/mol. The number of nitrogens with zero attached hydrogens (tertiary/aromatic N) is 2. The van der Waals surface area contributed by atoms with Crippen LogP contribution in [0, 0.1) is 10.1 Å². The van der Waals surface area contributed by atoms with Crippen LogP contribution in [0.4, 0.5) is 11.4 Å². The van der Waals surface area contributed by atoms with Crippen LogP contribution in [0.3, 0.4) is 0 Å². The van der Waals surface area contributed by atoms with Crippen molar-refractivity contribution in [2.75, 3.05) is 12.0 Å². The highest BCUT2D eigenvalue weighted by Crippen LogP contribution is 2.38. The summed E-state index contributed by atoms with van der Waals surface area (Å²) in [5.74, 6) is -1.18. The highest BCUT2D eigenvalue weighted by molar-refractivity contribution is 6.33. The van der Waals surface area contributed by atoms with Crippen molar-refractivity contribution in [3.63, 3.8) is 0 Å². The van der Waals surface area contributed by atoms with Crippen molar-refractivity contribution in [2.45, 2.75) is 6.54 Å². The summed E-state index contributed by atoms with van der Waals surface area (Å²) in [4.78, 5) is 36.5. The van der Waals surface area contributed by atoms with Gasteiger partial charge in [0.25, 0.3) is 11.6 Å². The zero-order chi connectivity index (χ0) is 17.4. The van der Waals surface area contributed by atoms with Crippen LogP contribution in [-0.2, 0) is 11.3 Å². The maximum absolute atomic E-state index is 12.7. The van der Waals surface area contributed by atoms with Crippen LogP contribution in [-0.4, -0.2) is 23.9 Å². The summed E-state index contributed by atoms with van der Waals surface area (Å²) >= 11 is 6.10. The van der Waals surface area contributed by atoms with Crippen LogP contribution in [0.15, 0.2) is 36.4 Å². The van der Waals surface area contributed by atoms with E-state index in [0.717, 1.165) is 0 Å². The Morgan fingerprint density at radius 1 is 1.29 bits per heavy atom. The Labute approximate surface area is 141 Å². The molecule has 0 fully saturated rings. The number of nitro benzene ring substituents is 1. The molecule has 0 aromatic heterocycles. The summed E-state index contributed by atoms with van der Waals surface area (Å²) in [6.07, 6.45) is 0. The van der Waals surface area contributed by atoms with Crippen LogP contribution in [0.1, 0.15) is 26.3 Å². The van der Waals surface area contributed by atoms with Gasteiger partial charge in [-0.1, -0.05) is 23.7 Å². The van der Waals surface area contributed by atoms with Crippen molar-refractivity contribution >= 4 is 34.9 Å². The fraction of sp³-hybridized carbons (Fsp3) is 0.125. The van der Waals surface area contributed by atoms with Crippen molar-refractivity contribution in [1.82, 2.24) is 0 Å². The maximum atomic E-state index is 12.7. The van der Waals surface area contributed by atoms with Crippen molar-refractivity contribution in [2.24, 2.45) is 0 Å².